The first-order chi connectivity index (χ1) is 8.19. The largest absolute Gasteiger partial charge is 0.496 e. The summed E-state index contributed by atoms with van der Waals surface area (Å²) in [6.45, 7) is 0. The quantitative estimate of drug-likeness (QED) is 0.920. The number of nitrogens with zero attached hydrogens (tertiary/aromatic N) is 3. The Morgan fingerprint density at radius 3 is 2.71 bits per heavy atom. The van der Waals surface area contributed by atoms with Crippen LogP contribution in [-0.2, 0) is 0 Å². The summed E-state index contributed by atoms with van der Waals surface area (Å²) in [5.41, 5.74) is 5.49. The van der Waals surface area contributed by atoms with E-state index in [1.54, 1.807) is 7.11 Å². The molecule has 0 spiro atoms. The Balaban J connectivity index is 2.31. The predicted octanol–water partition coefficient (Wildman–Crippen LogP) is 2.27. The molecule has 1 aromatic carbocycles. The van der Waals surface area contributed by atoms with Crippen LogP contribution in [0.25, 0.3) is 0 Å². The van der Waals surface area contributed by atoms with Gasteiger partial charge in [-0.3, -0.25) is 0 Å². The van der Waals surface area contributed by atoms with Crippen molar-refractivity contribution in [1.82, 2.24) is 15.0 Å². The number of halogens is 1. The van der Waals surface area contributed by atoms with Crippen LogP contribution < -0.4 is 10.5 Å². The summed E-state index contributed by atoms with van der Waals surface area (Å²) < 4.78 is 5.22. The third kappa shape index (κ3) is 2.98. The van der Waals surface area contributed by atoms with Crippen molar-refractivity contribution in [3.63, 3.8) is 0 Å². The monoisotopic (exact) mass is 268 g/mol. The lowest BCUT2D eigenvalue weighted by molar-refractivity contribution is 0.405. The van der Waals surface area contributed by atoms with Crippen LogP contribution in [0.3, 0.4) is 0 Å². The Kier molecular flexibility index (Phi) is 3.65. The van der Waals surface area contributed by atoms with Crippen molar-refractivity contribution in [2.75, 3.05) is 12.8 Å². The standard InChI is InChI=1S/C10H9ClN4OS/c1-16-6-4-2-3-5-7(6)17-10-14-8(11)13-9(12)15-10/h2-5H,1H3,(H2,12,13,14,15). The molecule has 0 atom stereocenters. The Hall–Kier alpha value is -1.53. The molecule has 2 rings (SSSR count). The second-order valence-corrected chi connectivity index (χ2v) is 4.35. The highest BCUT2D eigenvalue weighted by molar-refractivity contribution is 7.99. The van der Waals surface area contributed by atoms with E-state index in [2.05, 4.69) is 15.0 Å². The van der Waals surface area contributed by atoms with Gasteiger partial charge >= 0.3 is 0 Å². The van der Waals surface area contributed by atoms with Crippen molar-refractivity contribution < 1.29 is 4.74 Å². The summed E-state index contributed by atoms with van der Waals surface area (Å²) in [5, 5.41) is 0.516. The second-order valence-electron chi connectivity index (χ2n) is 3.00. The predicted molar refractivity (Wildman–Crippen MR) is 66.4 cm³/mol. The number of hydrogen-bond acceptors (Lipinski definition) is 6. The van der Waals surface area contributed by atoms with E-state index in [0.717, 1.165) is 10.6 Å². The number of nitrogen functional groups attached to an aromatic ring is 1. The zero-order valence-corrected chi connectivity index (χ0v) is 10.5. The van der Waals surface area contributed by atoms with Gasteiger partial charge in [-0.2, -0.15) is 15.0 Å². The van der Waals surface area contributed by atoms with E-state index in [1.165, 1.54) is 11.8 Å². The van der Waals surface area contributed by atoms with Crippen molar-refractivity contribution in [3.05, 3.63) is 29.5 Å². The second kappa shape index (κ2) is 5.20. The number of para-hydroxylation sites is 1. The zero-order chi connectivity index (χ0) is 12.3. The van der Waals surface area contributed by atoms with Crippen molar-refractivity contribution in [1.29, 1.82) is 0 Å². The molecule has 0 aliphatic rings. The van der Waals surface area contributed by atoms with Gasteiger partial charge in [-0.1, -0.05) is 12.1 Å². The summed E-state index contributed by atoms with van der Waals surface area (Å²) in [5.74, 6) is 0.843. The lowest BCUT2D eigenvalue weighted by atomic mass is 10.3. The molecule has 0 aliphatic carbocycles. The molecule has 0 radical (unpaired) electrons. The average Bonchev–Trinajstić information content (AvgIpc) is 2.28. The van der Waals surface area contributed by atoms with Gasteiger partial charge in [0, 0.05) is 0 Å². The normalized spacial score (nSPS) is 10.2. The molecule has 0 fully saturated rings. The molecule has 1 heterocycles. The summed E-state index contributed by atoms with van der Waals surface area (Å²) >= 11 is 7.02. The Morgan fingerprint density at radius 1 is 1.24 bits per heavy atom. The Morgan fingerprint density at radius 2 is 2.00 bits per heavy atom. The smallest absolute Gasteiger partial charge is 0.228 e. The number of hydrogen-bond donors (Lipinski definition) is 1. The lowest BCUT2D eigenvalue weighted by Crippen LogP contribution is -1.99. The molecule has 7 heteroatoms. The fourth-order valence-corrected chi connectivity index (χ4v) is 2.28. The highest BCUT2D eigenvalue weighted by Crippen LogP contribution is 2.32. The van der Waals surface area contributed by atoms with E-state index >= 15 is 0 Å². The van der Waals surface area contributed by atoms with Crippen LogP contribution in [0.2, 0.25) is 5.28 Å². The Bertz CT molecular complexity index is 517. The van der Waals surface area contributed by atoms with E-state index in [0.29, 0.717) is 5.16 Å². The molecule has 0 aliphatic heterocycles. The zero-order valence-electron chi connectivity index (χ0n) is 8.92. The van der Waals surface area contributed by atoms with Gasteiger partial charge in [-0.15, -0.1) is 0 Å². The molecule has 0 saturated carbocycles. The fourth-order valence-electron chi connectivity index (χ4n) is 1.19. The van der Waals surface area contributed by atoms with E-state index in [9.17, 15) is 0 Å². The Labute approximate surface area is 107 Å². The number of nitrogens with two attached hydrogens (primary N) is 1. The number of benzene rings is 1. The molecule has 1 aromatic heterocycles. The molecule has 5 nitrogen and oxygen atoms in total. The van der Waals surface area contributed by atoms with Crippen LogP contribution in [0.5, 0.6) is 5.75 Å². The maximum Gasteiger partial charge on any atom is 0.228 e. The van der Waals surface area contributed by atoms with Gasteiger partial charge in [-0.25, -0.2) is 0 Å². The number of methoxy groups -OCH3 is 1. The van der Waals surface area contributed by atoms with Crippen molar-refractivity contribution in [2.24, 2.45) is 0 Å². The fraction of sp³-hybridized carbons (Fsp3) is 0.100. The maximum absolute atomic E-state index is 5.70. The van der Waals surface area contributed by atoms with Gasteiger partial charge in [0.2, 0.25) is 11.2 Å². The summed E-state index contributed by atoms with van der Waals surface area (Å²) in [7, 11) is 1.61. The first kappa shape index (κ1) is 11.9. The van der Waals surface area contributed by atoms with Crippen molar-refractivity contribution >= 4 is 29.3 Å². The number of ether oxygens (including phenoxy) is 1. The van der Waals surface area contributed by atoms with Gasteiger partial charge in [0.05, 0.1) is 12.0 Å². The van der Waals surface area contributed by atoms with E-state index in [4.69, 9.17) is 22.1 Å². The molecular weight excluding hydrogens is 260 g/mol. The SMILES string of the molecule is COc1ccccc1Sc1nc(N)nc(Cl)n1. The van der Waals surface area contributed by atoms with E-state index in [1.807, 2.05) is 24.3 Å². The molecule has 0 unspecified atom stereocenters. The lowest BCUT2D eigenvalue weighted by Gasteiger charge is -2.06. The third-order valence-corrected chi connectivity index (χ3v) is 2.97. The number of aromatic nitrogens is 3. The van der Waals surface area contributed by atoms with E-state index < -0.39 is 0 Å². The van der Waals surface area contributed by atoms with Gasteiger partial charge in [-0.05, 0) is 35.5 Å². The maximum atomic E-state index is 5.70. The molecule has 0 saturated heterocycles. The van der Waals surface area contributed by atoms with E-state index in [-0.39, 0.29) is 11.2 Å². The minimum Gasteiger partial charge on any atom is -0.496 e. The first-order valence-electron chi connectivity index (χ1n) is 4.67. The first-order valence-corrected chi connectivity index (χ1v) is 5.86. The third-order valence-electron chi connectivity index (χ3n) is 1.88. The van der Waals surface area contributed by atoms with Crippen LogP contribution in [0.15, 0.2) is 34.3 Å². The highest BCUT2D eigenvalue weighted by Gasteiger charge is 2.08. The van der Waals surface area contributed by atoms with Gasteiger partial charge in [0.1, 0.15) is 5.75 Å². The topological polar surface area (TPSA) is 73.9 Å². The molecule has 2 N–H and O–H groups in total. The summed E-state index contributed by atoms with van der Waals surface area (Å²) in [6.07, 6.45) is 0. The van der Waals surface area contributed by atoms with Crippen LogP contribution >= 0.6 is 23.4 Å². The van der Waals surface area contributed by atoms with Crippen LogP contribution in [0.4, 0.5) is 5.95 Å². The average molecular weight is 269 g/mol. The molecule has 2 aromatic rings. The molecular formula is C10H9ClN4OS. The highest BCUT2D eigenvalue weighted by atomic mass is 35.5. The minimum atomic E-state index is 0.0786. The van der Waals surface area contributed by atoms with Gasteiger partial charge < -0.3 is 10.5 Å². The summed E-state index contributed by atoms with van der Waals surface area (Å²) in [4.78, 5) is 12.5. The van der Waals surface area contributed by atoms with Crippen LogP contribution in [-0.4, -0.2) is 22.1 Å². The number of rotatable bonds is 3. The van der Waals surface area contributed by atoms with Crippen LogP contribution in [0, 0.1) is 0 Å². The van der Waals surface area contributed by atoms with Gasteiger partial charge in [0.25, 0.3) is 0 Å². The molecule has 0 amide bonds. The number of anilines is 1. The molecule has 17 heavy (non-hydrogen) atoms. The van der Waals surface area contributed by atoms with Crippen LogP contribution in [0.1, 0.15) is 0 Å². The van der Waals surface area contributed by atoms with Crippen molar-refractivity contribution in [3.8, 4) is 5.75 Å². The van der Waals surface area contributed by atoms with Gasteiger partial charge in [0.15, 0.2) is 5.16 Å². The molecule has 0 bridgehead atoms. The summed E-state index contributed by atoms with van der Waals surface area (Å²) in [6, 6.07) is 7.54. The minimum absolute atomic E-state index is 0.0786. The van der Waals surface area contributed by atoms with Crippen molar-refractivity contribution in [2.45, 2.75) is 10.1 Å². The molecule has 88 valence electrons.